The maximum atomic E-state index is 12.4. The number of halogens is 3. The molecule has 40 heavy (non-hydrogen) atoms. The molecule has 2 aromatic carbocycles. The normalized spacial score (nSPS) is 12.3. The van der Waals surface area contributed by atoms with Crippen molar-refractivity contribution in [3.8, 4) is 22.4 Å². The van der Waals surface area contributed by atoms with E-state index >= 15 is 0 Å². The Balaban J connectivity index is 1.36. The molecule has 0 fully saturated rings. The Labute approximate surface area is 235 Å². The molecule has 1 unspecified atom stereocenters. The molecule has 4 nitrogen and oxygen atoms in total. The van der Waals surface area contributed by atoms with Crippen molar-refractivity contribution in [2.75, 3.05) is 13.2 Å². The zero-order chi connectivity index (χ0) is 28.8. The Kier molecular flexibility index (Phi) is 12.7. The van der Waals surface area contributed by atoms with Crippen molar-refractivity contribution < 1.29 is 27.4 Å². The fourth-order valence-electron chi connectivity index (χ4n) is 4.29. The first-order valence-electron chi connectivity index (χ1n) is 14.3. The van der Waals surface area contributed by atoms with E-state index in [1.807, 2.05) is 30.5 Å². The quantitative estimate of drug-likeness (QED) is 0.131. The number of rotatable bonds is 16. The molecule has 0 aliphatic rings. The first-order valence-corrected chi connectivity index (χ1v) is 14.3. The van der Waals surface area contributed by atoms with E-state index in [2.05, 4.69) is 36.2 Å². The number of hydrogen-bond acceptors (Lipinski definition) is 4. The summed E-state index contributed by atoms with van der Waals surface area (Å²) in [6.07, 6.45) is 4.38. The third-order valence-corrected chi connectivity index (χ3v) is 6.89. The second-order valence-corrected chi connectivity index (χ2v) is 10.1. The summed E-state index contributed by atoms with van der Waals surface area (Å²) < 4.78 is 47.3. The number of esters is 1. The van der Waals surface area contributed by atoms with Gasteiger partial charge in [0.05, 0.1) is 17.9 Å². The highest BCUT2D eigenvalue weighted by Crippen LogP contribution is 2.24. The van der Waals surface area contributed by atoms with E-state index in [-0.39, 0.29) is 12.6 Å². The highest BCUT2D eigenvalue weighted by Gasteiger charge is 2.36. The van der Waals surface area contributed by atoms with E-state index in [4.69, 9.17) is 9.47 Å². The van der Waals surface area contributed by atoms with E-state index in [1.165, 1.54) is 24.8 Å². The molecule has 0 spiro atoms. The molecule has 1 atom stereocenters. The summed E-state index contributed by atoms with van der Waals surface area (Å²) in [5.74, 6) is -0.368. The summed E-state index contributed by atoms with van der Waals surface area (Å²) in [4.78, 5) is 17.0. The number of nitrogens with zero attached hydrogens (tertiary/aromatic N) is 1. The SMILES string of the molecule is CCCCCc1ccc(-c2ccc(-c3ccc(C(=O)OCCCCCCCOC(C)C(F)(F)F)cc3)cn2)cc1. The van der Waals surface area contributed by atoms with Crippen molar-refractivity contribution in [3.63, 3.8) is 0 Å². The summed E-state index contributed by atoms with van der Waals surface area (Å²) in [6.45, 7) is 3.64. The predicted molar refractivity (Wildman–Crippen MR) is 153 cm³/mol. The van der Waals surface area contributed by atoms with Gasteiger partial charge in [0.2, 0.25) is 0 Å². The van der Waals surface area contributed by atoms with Gasteiger partial charge in [-0.3, -0.25) is 4.98 Å². The number of pyridine rings is 1. The average molecular weight is 556 g/mol. The summed E-state index contributed by atoms with van der Waals surface area (Å²) in [7, 11) is 0. The lowest BCUT2D eigenvalue weighted by molar-refractivity contribution is -0.214. The van der Waals surface area contributed by atoms with Gasteiger partial charge in [-0.25, -0.2) is 4.79 Å². The Hall–Kier alpha value is -3.19. The number of benzene rings is 2. The molecule has 7 heteroatoms. The number of carbonyl (C=O) groups excluding carboxylic acids is 1. The topological polar surface area (TPSA) is 48.4 Å². The highest BCUT2D eigenvalue weighted by molar-refractivity contribution is 5.90. The van der Waals surface area contributed by atoms with Crippen molar-refractivity contribution in [2.24, 2.45) is 0 Å². The first kappa shape index (κ1) is 31.3. The Morgan fingerprint density at radius 2 is 1.40 bits per heavy atom. The van der Waals surface area contributed by atoms with Gasteiger partial charge in [0, 0.05) is 23.9 Å². The number of aromatic nitrogens is 1. The van der Waals surface area contributed by atoms with Crippen LogP contribution in [0.3, 0.4) is 0 Å². The largest absolute Gasteiger partial charge is 0.462 e. The van der Waals surface area contributed by atoms with Crippen LogP contribution in [0.4, 0.5) is 13.2 Å². The lowest BCUT2D eigenvalue weighted by atomic mass is 10.0. The van der Waals surface area contributed by atoms with Gasteiger partial charge in [-0.1, -0.05) is 81.5 Å². The molecule has 1 heterocycles. The molecule has 0 N–H and O–H groups in total. The van der Waals surface area contributed by atoms with Gasteiger partial charge in [0.15, 0.2) is 6.10 Å². The van der Waals surface area contributed by atoms with E-state index in [0.717, 1.165) is 55.0 Å². The van der Waals surface area contributed by atoms with Gasteiger partial charge in [0.1, 0.15) is 0 Å². The van der Waals surface area contributed by atoms with Crippen molar-refractivity contribution in [1.29, 1.82) is 0 Å². The minimum absolute atomic E-state index is 0.0961. The van der Waals surface area contributed by atoms with Crippen LogP contribution in [0.15, 0.2) is 66.9 Å². The van der Waals surface area contributed by atoms with Gasteiger partial charge in [-0.2, -0.15) is 13.2 Å². The van der Waals surface area contributed by atoms with Crippen LogP contribution < -0.4 is 0 Å². The maximum Gasteiger partial charge on any atom is 0.414 e. The molecule has 0 bridgehead atoms. The maximum absolute atomic E-state index is 12.4. The molecule has 0 saturated heterocycles. The second kappa shape index (κ2) is 16.2. The lowest BCUT2D eigenvalue weighted by Gasteiger charge is -2.16. The van der Waals surface area contributed by atoms with Crippen molar-refractivity contribution in [2.45, 2.75) is 83.9 Å². The number of ether oxygens (including phenoxy) is 2. The van der Waals surface area contributed by atoms with E-state index in [0.29, 0.717) is 25.0 Å². The number of hydrogen-bond donors (Lipinski definition) is 0. The minimum Gasteiger partial charge on any atom is -0.462 e. The fraction of sp³-hybridized carbons (Fsp3) is 0.455. The van der Waals surface area contributed by atoms with Crippen LogP contribution >= 0.6 is 0 Å². The molecule has 3 aromatic rings. The second-order valence-electron chi connectivity index (χ2n) is 10.1. The molecule has 0 aliphatic carbocycles. The van der Waals surface area contributed by atoms with Crippen molar-refractivity contribution in [1.82, 2.24) is 4.98 Å². The third-order valence-electron chi connectivity index (χ3n) is 6.89. The summed E-state index contributed by atoms with van der Waals surface area (Å²) in [5, 5.41) is 0. The van der Waals surface area contributed by atoms with E-state index in [9.17, 15) is 18.0 Å². The summed E-state index contributed by atoms with van der Waals surface area (Å²) in [5.41, 5.74) is 5.80. The highest BCUT2D eigenvalue weighted by atomic mass is 19.4. The molecule has 3 rings (SSSR count). The van der Waals surface area contributed by atoms with E-state index in [1.54, 1.807) is 12.1 Å². The number of alkyl halides is 3. The lowest BCUT2D eigenvalue weighted by Crippen LogP contribution is -2.28. The van der Waals surface area contributed by atoms with E-state index < -0.39 is 12.3 Å². The third kappa shape index (κ3) is 10.4. The molecule has 0 aliphatic heterocycles. The average Bonchev–Trinajstić information content (AvgIpc) is 2.96. The van der Waals surface area contributed by atoms with Gasteiger partial charge in [-0.15, -0.1) is 0 Å². The standard InChI is InChI=1S/C33H40F3NO3/c1-3-4-8-11-26-12-14-28(15-13-26)31-21-20-30(24-37-31)27-16-18-29(19-17-27)32(38)40-23-10-7-5-6-9-22-39-25(2)33(34,35)36/h12-21,24-25H,3-11,22-23H2,1-2H3. The van der Waals surface area contributed by atoms with Crippen molar-refractivity contribution in [3.05, 3.63) is 78.0 Å². The van der Waals surface area contributed by atoms with Gasteiger partial charge in [0.25, 0.3) is 0 Å². The summed E-state index contributed by atoms with van der Waals surface area (Å²) >= 11 is 0. The Bertz CT molecular complexity index is 1140. The number of unbranched alkanes of at least 4 members (excludes halogenated alkanes) is 6. The predicted octanol–water partition coefficient (Wildman–Crippen LogP) is 9.22. The molecule has 0 saturated carbocycles. The van der Waals surface area contributed by atoms with Crippen LogP contribution in [0.2, 0.25) is 0 Å². The fourth-order valence-corrected chi connectivity index (χ4v) is 4.29. The Morgan fingerprint density at radius 3 is 2.02 bits per heavy atom. The molecule has 0 amide bonds. The van der Waals surface area contributed by atoms with Crippen LogP contribution in [0, 0.1) is 0 Å². The zero-order valence-electron chi connectivity index (χ0n) is 23.5. The minimum atomic E-state index is -4.31. The molecule has 0 radical (unpaired) electrons. The van der Waals surface area contributed by atoms with Crippen LogP contribution in [-0.4, -0.2) is 36.4 Å². The summed E-state index contributed by atoms with van der Waals surface area (Å²) in [6, 6.07) is 20.0. The molecular weight excluding hydrogens is 515 g/mol. The molecular formula is C33H40F3NO3. The Morgan fingerprint density at radius 1 is 0.775 bits per heavy atom. The first-order chi connectivity index (χ1) is 19.3. The van der Waals surface area contributed by atoms with Gasteiger partial charge >= 0.3 is 12.1 Å². The molecule has 1 aromatic heterocycles. The van der Waals surface area contributed by atoms with Gasteiger partial charge in [-0.05, 0) is 61.9 Å². The van der Waals surface area contributed by atoms with Crippen LogP contribution in [0.1, 0.15) is 81.1 Å². The van der Waals surface area contributed by atoms with Crippen LogP contribution in [0.25, 0.3) is 22.4 Å². The van der Waals surface area contributed by atoms with Crippen LogP contribution in [-0.2, 0) is 15.9 Å². The smallest absolute Gasteiger partial charge is 0.414 e. The monoisotopic (exact) mass is 555 g/mol. The number of aryl methyl sites for hydroxylation is 1. The molecule has 216 valence electrons. The van der Waals surface area contributed by atoms with Gasteiger partial charge < -0.3 is 9.47 Å². The van der Waals surface area contributed by atoms with Crippen molar-refractivity contribution >= 4 is 5.97 Å². The number of carbonyl (C=O) groups is 1. The van der Waals surface area contributed by atoms with Crippen LogP contribution in [0.5, 0.6) is 0 Å². The zero-order valence-corrected chi connectivity index (χ0v) is 23.5.